The summed E-state index contributed by atoms with van der Waals surface area (Å²) in [7, 11) is 1.23. The van der Waals surface area contributed by atoms with Gasteiger partial charge in [-0.2, -0.15) is 0 Å². The number of anilines is 1. The summed E-state index contributed by atoms with van der Waals surface area (Å²) in [5, 5.41) is 13.2. The van der Waals surface area contributed by atoms with Crippen molar-refractivity contribution in [3.05, 3.63) is 58.1 Å². The number of para-hydroxylation sites is 2. The second kappa shape index (κ2) is 7.07. The zero-order valence-corrected chi connectivity index (χ0v) is 12.7. The molecule has 0 spiro atoms. The molecule has 1 amide bonds. The van der Waals surface area contributed by atoms with E-state index in [-0.39, 0.29) is 17.0 Å². The predicted molar refractivity (Wildman–Crippen MR) is 80.7 cm³/mol. The molecule has 0 heterocycles. The summed E-state index contributed by atoms with van der Waals surface area (Å²) in [4.78, 5) is 22.4. The Bertz CT molecular complexity index is 808. The Hall–Kier alpha value is -3.30. The topological polar surface area (TPSA) is 90.7 Å². The third-order valence-electron chi connectivity index (χ3n) is 3.00. The molecule has 0 atom stereocenters. The Labute approximate surface area is 139 Å². The molecule has 0 unspecified atom stereocenters. The molecule has 2 aromatic carbocycles. The zero-order valence-electron chi connectivity index (χ0n) is 12.7. The van der Waals surface area contributed by atoms with Gasteiger partial charge in [-0.3, -0.25) is 14.9 Å². The molecule has 1 N–H and O–H groups in total. The molecule has 0 bridgehead atoms. The highest BCUT2D eigenvalue weighted by Crippen LogP contribution is 2.31. The Kier molecular flexibility index (Phi) is 5.11. The largest absolute Gasteiger partial charge is 0.573 e. The quantitative estimate of drug-likeness (QED) is 0.651. The summed E-state index contributed by atoms with van der Waals surface area (Å²) < 4.78 is 45.8. The van der Waals surface area contributed by atoms with E-state index in [1.165, 1.54) is 37.4 Å². The first kappa shape index (κ1) is 18.0. The lowest BCUT2D eigenvalue weighted by Gasteiger charge is -2.14. The molecule has 0 aliphatic rings. The number of nitrogens with zero attached hydrogens (tertiary/aromatic N) is 1. The number of carbonyl (C=O) groups is 1. The first-order chi connectivity index (χ1) is 11.7. The second-order valence-corrected chi connectivity index (χ2v) is 4.64. The Morgan fingerprint density at radius 3 is 2.44 bits per heavy atom. The Balaban J connectivity index is 2.29. The van der Waals surface area contributed by atoms with Crippen LogP contribution in [-0.4, -0.2) is 24.3 Å². The van der Waals surface area contributed by atoms with Gasteiger partial charge in [0.2, 0.25) is 0 Å². The van der Waals surface area contributed by atoms with Gasteiger partial charge in [-0.05, 0) is 24.3 Å². The number of amides is 1. The molecule has 10 heteroatoms. The van der Waals surface area contributed by atoms with Crippen LogP contribution in [0.3, 0.4) is 0 Å². The molecule has 0 fully saturated rings. The van der Waals surface area contributed by atoms with Gasteiger partial charge in [-0.1, -0.05) is 12.1 Å². The van der Waals surface area contributed by atoms with Crippen molar-refractivity contribution in [3.8, 4) is 11.5 Å². The molecular weight excluding hydrogens is 345 g/mol. The normalized spacial score (nSPS) is 10.9. The van der Waals surface area contributed by atoms with Gasteiger partial charge >= 0.3 is 12.0 Å². The molecule has 0 aliphatic carbocycles. The van der Waals surface area contributed by atoms with Crippen LogP contribution in [0.15, 0.2) is 42.5 Å². The van der Waals surface area contributed by atoms with Crippen LogP contribution in [0, 0.1) is 10.1 Å². The van der Waals surface area contributed by atoms with Crippen molar-refractivity contribution in [2.45, 2.75) is 6.36 Å². The standard InChI is InChI=1S/C15H11F3N2O5/c1-24-13-7-6-9(8-11(13)20(22)23)14(21)19-10-4-2-3-5-12(10)25-15(16,17)18/h2-8H,1H3,(H,19,21). The lowest BCUT2D eigenvalue weighted by Crippen LogP contribution is -2.19. The van der Waals surface area contributed by atoms with Crippen LogP contribution < -0.4 is 14.8 Å². The number of nitro groups is 1. The van der Waals surface area contributed by atoms with Crippen LogP contribution in [0.1, 0.15) is 10.4 Å². The Morgan fingerprint density at radius 2 is 1.84 bits per heavy atom. The maximum atomic E-state index is 12.4. The van der Waals surface area contributed by atoms with Crippen molar-refractivity contribution >= 4 is 17.3 Å². The van der Waals surface area contributed by atoms with Crippen LogP contribution in [0.25, 0.3) is 0 Å². The van der Waals surface area contributed by atoms with E-state index in [2.05, 4.69) is 10.1 Å². The van der Waals surface area contributed by atoms with Gasteiger partial charge in [0.1, 0.15) is 0 Å². The summed E-state index contributed by atoms with van der Waals surface area (Å²) in [5.74, 6) is -1.50. The summed E-state index contributed by atoms with van der Waals surface area (Å²) in [6, 6.07) is 8.35. The van der Waals surface area contributed by atoms with E-state index in [1.54, 1.807) is 0 Å². The number of alkyl halides is 3. The van der Waals surface area contributed by atoms with Gasteiger partial charge < -0.3 is 14.8 Å². The van der Waals surface area contributed by atoms with Gasteiger partial charge in [0.05, 0.1) is 17.7 Å². The van der Waals surface area contributed by atoms with Crippen LogP contribution in [-0.2, 0) is 0 Å². The number of carbonyl (C=O) groups excluding carboxylic acids is 1. The smallest absolute Gasteiger partial charge is 0.490 e. The molecule has 0 aromatic heterocycles. The molecule has 7 nitrogen and oxygen atoms in total. The van der Waals surface area contributed by atoms with Gasteiger partial charge in [0, 0.05) is 11.6 Å². The molecule has 0 saturated carbocycles. The third kappa shape index (κ3) is 4.59. The van der Waals surface area contributed by atoms with E-state index in [1.807, 2.05) is 0 Å². The molecule has 132 valence electrons. The van der Waals surface area contributed by atoms with Crippen molar-refractivity contribution in [3.63, 3.8) is 0 Å². The first-order valence-electron chi connectivity index (χ1n) is 6.70. The first-order valence-corrected chi connectivity index (χ1v) is 6.70. The summed E-state index contributed by atoms with van der Waals surface area (Å²) in [6.45, 7) is 0. The molecule has 0 aliphatic heterocycles. The minimum atomic E-state index is -4.93. The maximum Gasteiger partial charge on any atom is 0.573 e. The monoisotopic (exact) mass is 356 g/mol. The maximum absolute atomic E-state index is 12.4. The third-order valence-corrected chi connectivity index (χ3v) is 3.00. The molecule has 0 radical (unpaired) electrons. The van der Waals surface area contributed by atoms with E-state index in [9.17, 15) is 28.1 Å². The minimum absolute atomic E-state index is 0.0534. The number of methoxy groups -OCH3 is 1. The fraction of sp³-hybridized carbons (Fsp3) is 0.133. The summed E-state index contributed by atoms with van der Waals surface area (Å²) in [5.41, 5.74) is -0.812. The van der Waals surface area contributed by atoms with E-state index in [4.69, 9.17) is 4.74 Å². The number of hydrogen-bond donors (Lipinski definition) is 1. The number of ether oxygens (including phenoxy) is 2. The van der Waals surface area contributed by atoms with E-state index in [0.29, 0.717) is 0 Å². The molecule has 25 heavy (non-hydrogen) atoms. The summed E-state index contributed by atoms with van der Waals surface area (Å²) in [6.07, 6.45) is -4.93. The van der Waals surface area contributed by atoms with Gasteiger partial charge in [0.15, 0.2) is 11.5 Å². The van der Waals surface area contributed by atoms with Crippen LogP contribution in [0.5, 0.6) is 11.5 Å². The molecular formula is C15H11F3N2O5. The molecule has 0 saturated heterocycles. The number of hydrogen-bond acceptors (Lipinski definition) is 5. The highest BCUT2D eigenvalue weighted by molar-refractivity contribution is 6.05. The number of nitrogens with one attached hydrogen (secondary N) is 1. The van der Waals surface area contributed by atoms with Crippen LogP contribution in [0.2, 0.25) is 0 Å². The van der Waals surface area contributed by atoms with Crippen LogP contribution in [0.4, 0.5) is 24.5 Å². The number of rotatable bonds is 5. The van der Waals surface area contributed by atoms with Crippen molar-refractivity contribution in [1.82, 2.24) is 0 Å². The molecule has 2 rings (SSSR count). The Morgan fingerprint density at radius 1 is 1.16 bits per heavy atom. The van der Waals surface area contributed by atoms with Crippen molar-refractivity contribution in [2.24, 2.45) is 0 Å². The predicted octanol–water partition coefficient (Wildman–Crippen LogP) is 3.75. The van der Waals surface area contributed by atoms with Crippen LogP contribution >= 0.6 is 0 Å². The number of halogens is 3. The fourth-order valence-electron chi connectivity index (χ4n) is 1.95. The zero-order chi connectivity index (χ0) is 18.6. The SMILES string of the molecule is COc1ccc(C(=O)Nc2ccccc2OC(F)(F)F)cc1[N+](=O)[O-]. The highest BCUT2D eigenvalue weighted by atomic mass is 19.4. The average molecular weight is 356 g/mol. The summed E-state index contributed by atoms with van der Waals surface area (Å²) >= 11 is 0. The van der Waals surface area contributed by atoms with E-state index in [0.717, 1.165) is 12.1 Å². The fourth-order valence-corrected chi connectivity index (χ4v) is 1.95. The second-order valence-electron chi connectivity index (χ2n) is 4.64. The molecule has 2 aromatic rings. The average Bonchev–Trinajstić information content (AvgIpc) is 2.54. The van der Waals surface area contributed by atoms with Gasteiger partial charge in [-0.15, -0.1) is 13.2 Å². The van der Waals surface area contributed by atoms with Gasteiger partial charge in [0.25, 0.3) is 5.91 Å². The highest BCUT2D eigenvalue weighted by Gasteiger charge is 2.32. The lowest BCUT2D eigenvalue weighted by atomic mass is 10.1. The van der Waals surface area contributed by atoms with E-state index < -0.39 is 28.6 Å². The number of nitro benzene ring substituents is 1. The van der Waals surface area contributed by atoms with Crippen molar-refractivity contribution in [1.29, 1.82) is 0 Å². The number of benzene rings is 2. The van der Waals surface area contributed by atoms with Gasteiger partial charge in [-0.25, -0.2) is 0 Å². The van der Waals surface area contributed by atoms with Crippen molar-refractivity contribution < 1.29 is 32.4 Å². The minimum Gasteiger partial charge on any atom is -0.490 e. The van der Waals surface area contributed by atoms with E-state index >= 15 is 0 Å². The lowest BCUT2D eigenvalue weighted by molar-refractivity contribution is -0.385. The van der Waals surface area contributed by atoms with Crippen molar-refractivity contribution in [2.75, 3.05) is 12.4 Å².